The van der Waals surface area contributed by atoms with Gasteiger partial charge in [-0.1, -0.05) is 74.4 Å². The SMILES string of the molecule is Cc1cc(C=NCC(C)(C)N=Cc2cc(C(C)(C)C)cc(C(C)(C)C)c2O)c(O)c(C(C)(C)C)c1.O=C(O)CCCO.[Co]. The van der Waals surface area contributed by atoms with Crippen molar-refractivity contribution < 1.29 is 42.0 Å². The van der Waals surface area contributed by atoms with Crippen LogP contribution in [0.3, 0.4) is 0 Å². The Hall–Kier alpha value is -2.68. The molecule has 0 saturated heterocycles. The normalized spacial score (nSPS) is 12.7. The molecule has 0 bridgehead atoms. The molecule has 0 unspecified atom stereocenters. The Labute approximate surface area is 269 Å². The van der Waals surface area contributed by atoms with E-state index < -0.39 is 11.5 Å². The molecule has 4 N–H and O–H groups in total. The van der Waals surface area contributed by atoms with Gasteiger partial charge in [-0.2, -0.15) is 0 Å². The van der Waals surface area contributed by atoms with Crippen molar-refractivity contribution in [3.63, 3.8) is 0 Å². The van der Waals surface area contributed by atoms with Gasteiger partial charge in [-0.3, -0.25) is 14.8 Å². The van der Waals surface area contributed by atoms with E-state index in [9.17, 15) is 15.0 Å². The van der Waals surface area contributed by atoms with Crippen LogP contribution in [-0.4, -0.2) is 57.5 Å². The van der Waals surface area contributed by atoms with Crippen LogP contribution in [0, 0.1) is 6.92 Å². The van der Waals surface area contributed by atoms with Crippen molar-refractivity contribution in [3.05, 3.63) is 57.6 Å². The van der Waals surface area contributed by atoms with Gasteiger partial charge in [0.05, 0.1) is 12.1 Å². The Morgan fingerprint density at radius 1 is 0.767 bits per heavy atom. The zero-order chi connectivity index (χ0) is 32.7. The summed E-state index contributed by atoms with van der Waals surface area (Å²) in [6.07, 6.45) is 3.94. The Morgan fingerprint density at radius 2 is 1.26 bits per heavy atom. The van der Waals surface area contributed by atoms with Gasteiger partial charge >= 0.3 is 5.97 Å². The second-order valence-electron chi connectivity index (χ2n) is 14.7. The molecule has 0 spiro atoms. The second kappa shape index (κ2) is 15.9. The number of rotatable bonds is 8. The van der Waals surface area contributed by atoms with E-state index in [1.165, 1.54) is 5.56 Å². The van der Waals surface area contributed by atoms with Crippen LogP contribution < -0.4 is 0 Å². The quantitative estimate of drug-likeness (QED) is 0.223. The third kappa shape index (κ3) is 13.2. The van der Waals surface area contributed by atoms with Gasteiger partial charge in [0.25, 0.3) is 0 Å². The predicted molar refractivity (Wildman–Crippen MR) is 175 cm³/mol. The van der Waals surface area contributed by atoms with E-state index in [0.29, 0.717) is 13.0 Å². The minimum Gasteiger partial charge on any atom is -0.507 e. The number of aliphatic hydroxyl groups is 1. The van der Waals surface area contributed by atoms with Crippen LogP contribution in [0.25, 0.3) is 0 Å². The first-order valence-corrected chi connectivity index (χ1v) is 14.6. The Bertz CT molecular complexity index is 1280. The van der Waals surface area contributed by atoms with Gasteiger partial charge in [0.1, 0.15) is 11.5 Å². The van der Waals surface area contributed by atoms with Crippen molar-refractivity contribution in [2.24, 2.45) is 9.98 Å². The molecule has 43 heavy (non-hydrogen) atoms. The summed E-state index contributed by atoms with van der Waals surface area (Å²) < 4.78 is 0. The molecule has 7 nitrogen and oxygen atoms in total. The number of aromatic hydroxyl groups is 2. The molecule has 0 saturated carbocycles. The number of aliphatic carboxylic acids is 1. The number of carboxylic acid groups (broad SMARTS) is 1. The Kier molecular flexibility index (Phi) is 14.9. The zero-order valence-corrected chi connectivity index (χ0v) is 29.3. The number of phenols is 2. The summed E-state index contributed by atoms with van der Waals surface area (Å²) in [5.41, 5.74) is 4.69. The summed E-state index contributed by atoms with van der Waals surface area (Å²) in [7, 11) is 0. The maximum absolute atomic E-state index is 11.0. The average Bonchev–Trinajstić information content (AvgIpc) is 2.82. The van der Waals surface area contributed by atoms with Gasteiger partial charge in [-0.05, 0) is 66.7 Å². The molecular weight excluding hydrogens is 587 g/mol. The average molecular weight is 642 g/mol. The standard InChI is InChI=1S/C31H46N2O2.C4H8O3.Co/c1-20-13-21(26(34)24(14-20)29(5,6)7)17-32-19-31(11,12)33-18-22-15-23(28(2,3)4)16-25(27(22)35)30(8,9)10;5-3-1-2-4(6)7;/h13-18,34-35H,19H2,1-12H3;5H,1-3H2,(H,6,7);. The van der Waals surface area contributed by atoms with Crippen LogP contribution in [-0.2, 0) is 37.8 Å². The molecule has 1 radical (unpaired) electrons. The first-order chi connectivity index (χ1) is 19.0. The summed E-state index contributed by atoms with van der Waals surface area (Å²) >= 11 is 0. The molecule has 0 aromatic heterocycles. The maximum atomic E-state index is 11.0. The van der Waals surface area contributed by atoms with Crippen LogP contribution in [0.15, 0.2) is 34.3 Å². The van der Waals surface area contributed by atoms with Crippen molar-refractivity contribution in [3.8, 4) is 11.5 Å². The fraction of sp³-hybridized carbons (Fsp3) is 0.571. The van der Waals surface area contributed by atoms with E-state index >= 15 is 0 Å². The first-order valence-electron chi connectivity index (χ1n) is 14.6. The van der Waals surface area contributed by atoms with Crippen molar-refractivity contribution in [1.29, 1.82) is 0 Å². The summed E-state index contributed by atoms with van der Waals surface area (Å²) in [6, 6.07) is 8.13. The summed E-state index contributed by atoms with van der Waals surface area (Å²) in [4.78, 5) is 19.1. The third-order valence-corrected chi connectivity index (χ3v) is 6.72. The molecule has 2 aromatic rings. The number of aliphatic hydroxyl groups excluding tert-OH is 1. The summed E-state index contributed by atoms with van der Waals surface area (Å²) in [6.45, 7) is 25.6. The van der Waals surface area contributed by atoms with E-state index in [0.717, 1.165) is 27.8 Å². The number of hydrogen-bond acceptors (Lipinski definition) is 6. The summed E-state index contributed by atoms with van der Waals surface area (Å²) in [5.74, 6) is -0.284. The van der Waals surface area contributed by atoms with Crippen LogP contribution in [0.4, 0.5) is 0 Å². The van der Waals surface area contributed by atoms with E-state index in [2.05, 4.69) is 73.4 Å². The van der Waals surface area contributed by atoms with Gasteiger partial charge in [0, 0.05) is 64.5 Å². The molecule has 2 aromatic carbocycles. The first kappa shape index (κ1) is 40.3. The molecule has 2 rings (SSSR count). The van der Waals surface area contributed by atoms with Crippen molar-refractivity contribution in [2.45, 2.75) is 118 Å². The molecule has 0 aliphatic carbocycles. The van der Waals surface area contributed by atoms with E-state index in [4.69, 9.17) is 15.2 Å². The number of benzene rings is 2. The van der Waals surface area contributed by atoms with E-state index in [-0.39, 0.29) is 57.6 Å². The van der Waals surface area contributed by atoms with Gasteiger partial charge < -0.3 is 20.4 Å². The number of nitrogens with zero attached hydrogens (tertiary/aromatic N) is 2. The number of hydrogen-bond donors (Lipinski definition) is 4. The van der Waals surface area contributed by atoms with Gasteiger partial charge in [-0.15, -0.1) is 0 Å². The number of aryl methyl sites for hydroxylation is 1. The minimum absolute atomic E-state index is 0. The van der Waals surface area contributed by atoms with Gasteiger partial charge in [0.2, 0.25) is 0 Å². The smallest absolute Gasteiger partial charge is 0.303 e. The molecule has 0 atom stereocenters. The van der Waals surface area contributed by atoms with Crippen molar-refractivity contribution in [1.82, 2.24) is 0 Å². The van der Waals surface area contributed by atoms with Crippen LogP contribution >= 0.6 is 0 Å². The molecule has 0 amide bonds. The number of carbonyl (C=O) groups is 1. The maximum Gasteiger partial charge on any atom is 0.303 e. The molecule has 243 valence electrons. The van der Waals surface area contributed by atoms with Crippen LogP contribution in [0.2, 0.25) is 0 Å². The fourth-order valence-electron chi connectivity index (χ4n) is 4.12. The van der Waals surface area contributed by atoms with Gasteiger partial charge in [0.15, 0.2) is 0 Å². The van der Waals surface area contributed by atoms with E-state index in [1.807, 2.05) is 39.0 Å². The fourth-order valence-corrected chi connectivity index (χ4v) is 4.12. The minimum atomic E-state index is -0.853. The van der Waals surface area contributed by atoms with Crippen LogP contribution in [0.5, 0.6) is 11.5 Å². The molecule has 0 aliphatic heterocycles. The zero-order valence-electron chi connectivity index (χ0n) is 28.2. The largest absolute Gasteiger partial charge is 0.507 e. The molecule has 0 aliphatic rings. The van der Waals surface area contributed by atoms with Crippen molar-refractivity contribution >= 4 is 18.4 Å². The molecular formula is C35H54CoN2O5. The second-order valence-corrected chi connectivity index (χ2v) is 14.7. The predicted octanol–water partition coefficient (Wildman–Crippen LogP) is 7.46. The summed E-state index contributed by atoms with van der Waals surface area (Å²) in [5, 5.41) is 37.8. The van der Waals surface area contributed by atoms with E-state index in [1.54, 1.807) is 12.4 Å². The van der Waals surface area contributed by atoms with Crippen LogP contribution in [0.1, 0.15) is 122 Å². The number of phenolic OH excluding ortho intramolecular Hbond substituents is 2. The Morgan fingerprint density at radius 3 is 1.67 bits per heavy atom. The molecule has 8 heteroatoms. The topological polar surface area (TPSA) is 123 Å². The monoisotopic (exact) mass is 641 g/mol. The number of carboxylic acids is 1. The Balaban J connectivity index is 0.00000196. The molecule has 0 fully saturated rings. The van der Waals surface area contributed by atoms with Crippen molar-refractivity contribution in [2.75, 3.05) is 13.2 Å². The van der Waals surface area contributed by atoms with Gasteiger partial charge in [-0.25, -0.2) is 0 Å². The third-order valence-electron chi connectivity index (χ3n) is 6.72. The molecule has 0 heterocycles. The number of aliphatic imine (C=N–C) groups is 2.